The standard InChI is InChI=1S/C24H26N6O2/c1-28-17-18(16-26-28)21-7-8-24(31)30(27-21)13-14-32-23-9-10-25-22-15-19(5-6-20(22)23)29-11-3-2-4-12-29/h5-10,15-17H,2-4,11-14H2,1H3. The van der Waals surface area contributed by atoms with Crippen molar-refractivity contribution in [2.24, 2.45) is 7.05 Å². The number of aryl methyl sites for hydroxylation is 1. The van der Waals surface area contributed by atoms with Gasteiger partial charge in [-0.2, -0.15) is 10.2 Å². The van der Waals surface area contributed by atoms with E-state index in [0.29, 0.717) is 18.8 Å². The lowest BCUT2D eigenvalue weighted by atomic mass is 10.1. The first kappa shape index (κ1) is 20.2. The Bertz CT molecular complexity index is 1290. The molecule has 4 heterocycles. The number of rotatable bonds is 6. The topological polar surface area (TPSA) is 78.1 Å². The number of hydrogen-bond acceptors (Lipinski definition) is 6. The average Bonchev–Trinajstić information content (AvgIpc) is 3.27. The third-order valence-electron chi connectivity index (χ3n) is 5.84. The molecule has 0 radical (unpaired) electrons. The van der Waals surface area contributed by atoms with Crippen LogP contribution < -0.4 is 15.2 Å². The molecule has 32 heavy (non-hydrogen) atoms. The second-order valence-corrected chi connectivity index (χ2v) is 8.09. The minimum absolute atomic E-state index is 0.160. The van der Waals surface area contributed by atoms with Crippen molar-refractivity contribution < 1.29 is 4.74 Å². The Morgan fingerprint density at radius 1 is 1.06 bits per heavy atom. The molecule has 0 aliphatic carbocycles. The van der Waals surface area contributed by atoms with E-state index in [1.54, 1.807) is 23.1 Å². The third-order valence-corrected chi connectivity index (χ3v) is 5.84. The second-order valence-electron chi connectivity index (χ2n) is 8.09. The van der Waals surface area contributed by atoms with E-state index in [2.05, 4.69) is 38.3 Å². The molecule has 1 aromatic carbocycles. The van der Waals surface area contributed by atoms with Gasteiger partial charge in [0.05, 0.1) is 24.0 Å². The van der Waals surface area contributed by atoms with Crippen molar-refractivity contribution >= 4 is 16.6 Å². The van der Waals surface area contributed by atoms with E-state index in [1.165, 1.54) is 35.7 Å². The first-order valence-corrected chi connectivity index (χ1v) is 11.0. The van der Waals surface area contributed by atoms with Crippen molar-refractivity contribution in [3.05, 3.63) is 65.3 Å². The van der Waals surface area contributed by atoms with Crippen molar-refractivity contribution in [3.8, 4) is 17.0 Å². The molecule has 0 N–H and O–H groups in total. The van der Waals surface area contributed by atoms with Crippen LogP contribution in [0.4, 0.5) is 5.69 Å². The zero-order valence-electron chi connectivity index (χ0n) is 18.1. The molecular weight excluding hydrogens is 404 g/mol. The minimum Gasteiger partial charge on any atom is -0.491 e. The number of fused-ring (bicyclic) bond motifs is 1. The van der Waals surface area contributed by atoms with E-state index in [-0.39, 0.29) is 5.56 Å². The highest BCUT2D eigenvalue weighted by molar-refractivity contribution is 5.87. The summed E-state index contributed by atoms with van der Waals surface area (Å²) in [6.07, 6.45) is 9.16. The van der Waals surface area contributed by atoms with Gasteiger partial charge in [0, 0.05) is 55.2 Å². The maximum Gasteiger partial charge on any atom is 0.266 e. The Labute approximate surface area is 186 Å². The molecule has 0 saturated carbocycles. The van der Waals surface area contributed by atoms with Gasteiger partial charge in [-0.25, -0.2) is 4.68 Å². The predicted molar refractivity (Wildman–Crippen MR) is 124 cm³/mol. The zero-order valence-corrected chi connectivity index (χ0v) is 18.1. The van der Waals surface area contributed by atoms with Crippen molar-refractivity contribution in [3.63, 3.8) is 0 Å². The van der Waals surface area contributed by atoms with Crippen LogP contribution in [0.5, 0.6) is 5.75 Å². The van der Waals surface area contributed by atoms with Gasteiger partial charge in [0.2, 0.25) is 0 Å². The Morgan fingerprint density at radius 3 is 2.75 bits per heavy atom. The molecule has 0 atom stereocenters. The summed E-state index contributed by atoms with van der Waals surface area (Å²) in [7, 11) is 1.85. The summed E-state index contributed by atoms with van der Waals surface area (Å²) in [5.41, 5.74) is 3.54. The lowest BCUT2D eigenvalue weighted by molar-refractivity contribution is 0.291. The lowest BCUT2D eigenvalue weighted by Crippen LogP contribution is -2.29. The van der Waals surface area contributed by atoms with Gasteiger partial charge >= 0.3 is 0 Å². The quantitative estimate of drug-likeness (QED) is 0.467. The second kappa shape index (κ2) is 8.82. The molecule has 1 saturated heterocycles. The van der Waals surface area contributed by atoms with Gasteiger partial charge in [-0.15, -0.1) is 0 Å². The van der Waals surface area contributed by atoms with Crippen molar-refractivity contribution in [2.75, 3.05) is 24.6 Å². The highest BCUT2D eigenvalue weighted by Crippen LogP contribution is 2.29. The number of anilines is 1. The van der Waals surface area contributed by atoms with Crippen LogP contribution in [0.15, 0.2) is 59.8 Å². The van der Waals surface area contributed by atoms with Gasteiger partial charge < -0.3 is 9.64 Å². The van der Waals surface area contributed by atoms with E-state index >= 15 is 0 Å². The molecule has 4 aromatic rings. The lowest BCUT2D eigenvalue weighted by Gasteiger charge is -2.29. The Balaban J connectivity index is 1.31. The number of piperidine rings is 1. The summed E-state index contributed by atoms with van der Waals surface area (Å²) in [6.45, 7) is 2.88. The van der Waals surface area contributed by atoms with Crippen LogP contribution in [0, 0.1) is 0 Å². The smallest absolute Gasteiger partial charge is 0.266 e. The summed E-state index contributed by atoms with van der Waals surface area (Å²) in [5, 5.41) is 9.60. The number of aromatic nitrogens is 5. The summed E-state index contributed by atoms with van der Waals surface area (Å²) in [6, 6.07) is 11.5. The number of pyridine rings is 1. The van der Waals surface area contributed by atoms with Gasteiger partial charge in [-0.1, -0.05) is 0 Å². The van der Waals surface area contributed by atoms with Crippen LogP contribution in [0.2, 0.25) is 0 Å². The molecule has 1 aliphatic heterocycles. The van der Waals surface area contributed by atoms with Crippen LogP contribution in [0.25, 0.3) is 22.2 Å². The first-order chi connectivity index (χ1) is 15.7. The van der Waals surface area contributed by atoms with Gasteiger partial charge in [0.15, 0.2) is 0 Å². The Hall–Kier alpha value is -3.68. The van der Waals surface area contributed by atoms with E-state index in [9.17, 15) is 4.79 Å². The number of nitrogens with zero attached hydrogens (tertiary/aromatic N) is 6. The Morgan fingerprint density at radius 2 is 1.94 bits per heavy atom. The fourth-order valence-electron chi connectivity index (χ4n) is 4.14. The van der Waals surface area contributed by atoms with Crippen molar-refractivity contribution in [1.82, 2.24) is 24.5 Å². The van der Waals surface area contributed by atoms with E-state index in [4.69, 9.17) is 4.74 Å². The summed E-state index contributed by atoms with van der Waals surface area (Å²) < 4.78 is 9.18. The number of ether oxygens (including phenoxy) is 1. The fraction of sp³-hybridized carbons (Fsp3) is 0.333. The zero-order chi connectivity index (χ0) is 21.9. The minimum atomic E-state index is -0.160. The summed E-state index contributed by atoms with van der Waals surface area (Å²) in [4.78, 5) is 19.2. The molecule has 5 rings (SSSR count). The normalized spacial score (nSPS) is 14.1. The molecule has 0 spiro atoms. The van der Waals surface area contributed by atoms with Crippen molar-refractivity contribution in [1.29, 1.82) is 0 Å². The molecule has 8 nitrogen and oxygen atoms in total. The van der Waals surface area contributed by atoms with Gasteiger partial charge in [-0.3, -0.25) is 14.5 Å². The number of hydrogen-bond donors (Lipinski definition) is 0. The van der Waals surface area contributed by atoms with Crippen LogP contribution in [-0.2, 0) is 13.6 Å². The van der Waals surface area contributed by atoms with Gasteiger partial charge in [0.25, 0.3) is 5.56 Å². The fourth-order valence-corrected chi connectivity index (χ4v) is 4.14. The number of benzene rings is 1. The van der Waals surface area contributed by atoms with Crippen molar-refractivity contribution in [2.45, 2.75) is 25.8 Å². The molecule has 1 fully saturated rings. The monoisotopic (exact) mass is 430 g/mol. The SMILES string of the molecule is Cn1cc(-c2ccc(=O)n(CCOc3ccnc4cc(N5CCCCC5)ccc34)n2)cn1. The highest BCUT2D eigenvalue weighted by atomic mass is 16.5. The molecule has 164 valence electrons. The van der Waals surface area contributed by atoms with Crippen LogP contribution in [-0.4, -0.2) is 44.2 Å². The van der Waals surface area contributed by atoms with Gasteiger partial charge in [0.1, 0.15) is 12.4 Å². The largest absolute Gasteiger partial charge is 0.491 e. The maximum atomic E-state index is 12.3. The molecule has 0 unspecified atom stereocenters. The molecular formula is C24H26N6O2. The van der Waals surface area contributed by atoms with E-state index in [0.717, 1.165) is 35.3 Å². The highest BCUT2D eigenvalue weighted by Gasteiger charge is 2.13. The molecule has 3 aromatic heterocycles. The van der Waals surface area contributed by atoms with Gasteiger partial charge in [-0.05, 0) is 49.6 Å². The molecule has 1 aliphatic rings. The average molecular weight is 431 g/mol. The Kier molecular flexibility index (Phi) is 5.58. The van der Waals surface area contributed by atoms with E-state index < -0.39 is 0 Å². The third kappa shape index (κ3) is 4.21. The summed E-state index contributed by atoms with van der Waals surface area (Å²) >= 11 is 0. The van der Waals surface area contributed by atoms with E-state index in [1.807, 2.05) is 19.3 Å². The molecule has 0 bridgehead atoms. The summed E-state index contributed by atoms with van der Waals surface area (Å²) in [5.74, 6) is 0.761. The predicted octanol–water partition coefficient (Wildman–Crippen LogP) is 3.26. The molecule has 8 heteroatoms. The van der Waals surface area contributed by atoms with Crippen LogP contribution in [0.1, 0.15) is 19.3 Å². The van der Waals surface area contributed by atoms with Crippen LogP contribution >= 0.6 is 0 Å². The first-order valence-electron chi connectivity index (χ1n) is 11.0. The molecule has 0 amide bonds. The van der Waals surface area contributed by atoms with Crippen LogP contribution in [0.3, 0.4) is 0 Å². The maximum absolute atomic E-state index is 12.3.